The van der Waals surface area contributed by atoms with E-state index in [0.717, 1.165) is 19.5 Å². The lowest BCUT2D eigenvalue weighted by Gasteiger charge is -2.24. The molecule has 2 unspecified atom stereocenters. The van der Waals surface area contributed by atoms with Gasteiger partial charge in [-0.3, -0.25) is 0 Å². The molecule has 0 spiro atoms. The lowest BCUT2D eigenvalue weighted by molar-refractivity contribution is 0.0503. The van der Waals surface area contributed by atoms with E-state index in [-0.39, 0.29) is 12.1 Å². The molecule has 1 aromatic carbocycles. The van der Waals surface area contributed by atoms with E-state index in [1.807, 2.05) is 20.8 Å². The minimum atomic E-state index is -0.447. The first-order valence-electron chi connectivity index (χ1n) is 8.95. The van der Waals surface area contributed by atoms with Gasteiger partial charge in [0, 0.05) is 24.8 Å². The van der Waals surface area contributed by atoms with Crippen molar-refractivity contribution >= 4 is 11.8 Å². The van der Waals surface area contributed by atoms with Crippen LogP contribution in [0.5, 0.6) is 0 Å². The largest absolute Gasteiger partial charge is 0.444 e. The van der Waals surface area contributed by atoms with Crippen LogP contribution in [0.3, 0.4) is 0 Å². The smallest absolute Gasteiger partial charge is 0.407 e. The van der Waals surface area contributed by atoms with Crippen molar-refractivity contribution in [1.82, 2.24) is 5.32 Å². The van der Waals surface area contributed by atoms with Crippen LogP contribution in [0.1, 0.15) is 51.7 Å². The molecule has 0 radical (unpaired) electrons. The fraction of sp³-hybridized carbons (Fsp3) is 0.650. The third-order valence-corrected chi connectivity index (χ3v) is 4.31. The molecule has 0 aromatic heterocycles. The summed E-state index contributed by atoms with van der Waals surface area (Å²) in [6.45, 7) is 14.2. The van der Waals surface area contributed by atoms with Crippen molar-refractivity contribution in [3.05, 3.63) is 29.3 Å². The van der Waals surface area contributed by atoms with Gasteiger partial charge in [0.1, 0.15) is 5.60 Å². The van der Waals surface area contributed by atoms with Crippen LogP contribution in [0.4, 0.5) is 10.5 Å². The Morgan fingerprint density at radius 2 is 1.92 bits per heavy atom. The number of carbonyl (C=O) groups excluding carboxylic acids is 1. The lowest BCUT2D eigenvalue weighted by Crippen LogP contribution is -2.38. The minimum absolute atomic E-state index is 0.129. The minimum Gasteiger partial charge on any atom is -0.444 e. The summed E-state index contributed by atoms with van der Waals surface area (Å²) in [7, 11) is 0. The van der Waals surface area contributed by atoms with Crippen molar-refractivity contribution in [2.75, 3.05) is 18.0 Å². The second kappa shape index (κ2) is 7.45. The number of carbonyl (C=O) groups is 1. The summed E-state index contributed by atoms with van der Waals surface area (Å²) < 4.78 is 5.33. The Hall–Kier alpha value is -1.71. The molecule has 1 amide bonds. The highest BCUT2D eigenvalue weighted by Gasteiger charge is 2.26. The van der Waals surface area contributed by atoms with Gasteiger partial charge in [0.25, 0.3) is 0 Å². The van der Waals surface area contributed by atoms with Crippen molar-refractivity contribution < 1.29 is 9.53 Å². The van der Waals surface area contributed by atoms with Crippen molar-refractivity contribution in [2.45, 2.75) is 66.0 Å². The molecule has 0 aliphatic carbocycles. The molecule has 1 aliphatic rings. The maximum Gasteiger partial charge on any atom is 0.407 e. The van der Waals surface area contributed by atoms with Crippen molar-refractivity contribution in [3.63, 3.8) is 0 Å². The zero-order valence-corrected chi connectivity index (χ0v) is 16.0. The highest BCUT2D eigenvalue weighted by atomic mass is 16.6. The van der Waals surface area contributed by atoms with Gasteiger partial charge in [-0.2, -0.15) is 0 Å². The topological polar surface area (TPSA) is 41.6 Å². The van der Waals surface area contributed by atoms with Crippen molar-refractivity contribution in [2.24, 2.45) is 5.92 Å². The predicted molar refractivity (Wildman–Crippen MR) is 99.7 cm³/mol. The number of aryl methyl sites for hydroxylation is 2. The lowest BCUT2D eigenvalue weighted by atomic mass is 10.0. The van der Waals surface area contributed by atoms with E-state index in [4.69, 9.17) is 4.74 Å². The quantitative estimate of drug-likeness (QED) is 0.886. The molecule has 1 aromatic rings. The van der Waals surface area contributed by atoms with Gasteiger partial charge in [0.15, 0.2) is 0 Å². The molecule has 24 heavy (non-hydrogen) atoms. The van der Waals surface area contributed by atoms with Gasteiger partial charge in [0.2, 0.25) is 0 Å². The third kappa shape index (κ3) is 5.73. The monoisotopic (exact) mass is 332 g/mol. The highest BCUT2D eigenvalue weighted by Crippen LogP contribution is 2.28. The van der Waals surface area contributed by atoms with Gasteiger partial charge >= 0.3 is 6.09 Å². The van der Waals surface area contributed by atoms with E-state index in [9.17, 15) is 4.79 Å². The SMILES string of the molecule is Cc1cc(C)cc(N2CCC(CC(C)NC(=O)OC(C)(C)C)C2)c1. The first-order valence-corrected chi connectivity index (χ1v) is 8.95. The van der Waals surface area contributed by atoms with Crippen LogP contribution < -0.4 is 10.2 Å². The van der Waals surface area contributed by atoms with E-state index in [1.165, 1.54) is 23.2 Å². The fourth-order valence-electron chi connectivity index (χ4n) is 3.46. The van der Waals surface area contributed by atoms with E-state index < -0.39 is 5.60 Å². The normalized spacial score (nSPS) is 19.2. The van der Waals surface area contributed by atoms with Crippen molar-refractivity contribution in [1.29, 1.82) is 0 Å². The zero-order chi connectivity index (χ0) is 17.9. The molecular formula is C20H32N2O2. The molecule has 2 rings (SSSR count). The Bertz CT molecular complexity index is 557. The summed E-state index contributed by atoms with van der Waals surface area (Å²) in [6, 6.07) is 6.86. The molecule has 1 N–H and O–H groups in total. The van der Waals surface area contributed by atoms with Crippen LogP contribution in [0, 0.1) is 19.8 Å². The van der Waals surface area contributed by atoms with Gasteiger partial charge < -0.3 is 15.0 Å². The van der Waals surface area contributed by atoms with Gasteiger partial charge in [0.05, 0.1) is 0 Å². The molecule has 1 aliphatic heterocycles. The fourth-order valence-corrected chi connectivity index (χ4v) is 3.46. The van der Waals surface area contributed by atoms with Crippen LogP contribution in [-0.2, 0) is 4.74 Å². The Morgan fingerprint density at radius 3 is 2.50 bits per heavy atom. The molecule has 1 fully saturated rings. The number of benzene rings is 1. The van der Waals surface area contributed by atoms with Gasteiger partial charge in [-0.1, -0.05) is 6.07 Å². The molecule has 4 nitrogen and oxygen atoms in total. The van der Waals surface area contributed by atoms with E-state index in [1.54, 1.807) is 0 Å². The Labute approximate surface area is 146 Å². The Morgan fingerprint density at radius 1 is 1.29 bits per heavy atom. The number of hydrogen-bond acceptors (Lipinski definition) is 3. The second-order valence-electron chi connectivity index (χ2n) is 8.23. The van der Waals surface area contributed by atoms with Crippen LogP contribution >= 0.6 is 0 Å². The number of rotatable bonds is 4. The average molecular weight is 332 g/mol. The second-order valence-corrected chi connectivity index (χ2v) is 8.23. The summed E-state index contributed by atoms with van der Waals surface area (Å²) in [5, 5.41) is 2.96. The van der Waals surface area contributed by atoms with Gasteiger partial charge in [-0.15, -0.1) is 0 Å². The van der Waals surface area contributed by atoms with E-state index in [2.05, 4.69) is 49.2 Å². The van der Waals surface area contributed by atoms with Gasteiger partial charge in [-0.25, -0.2) is 4.79 Å². The standard InChI is InChI=1S/C20H32N2O2/c1-14-9-15(2)11-18(10-14)22-8-7-17(13-22)12-16(3)21-19(23)24-20(4,5)6/h9-11,16-17H,7-8,12-13H2,1-6H3,(H,21,23). The summed E-state index contributed by atoms with van der Waals surface area (Å²) in [4.78, 5) is 14.3. The maximum atomic E-state index is 11.9. The molecule has 0 saturated carbocycles. The zero-order valence-electron chi connectivity index (χ0n) is 16.0. The molecule has 0 bridgehead atoms. The summed E-state index contributed by atoms with van der Waals surface area (Å²) >= 11 is 0. The number of hydrogen-bond donors (Lipinski definition) is 1. The number of nitrogens with one attached hydrogen (secondary N) is 1. The van der Waals surface area contributed by atoms with Crippen LogP contribution in [-0.4, -0.2) is 30.8 Å². The highest BCUT2D eigenvalue weighted by molar-refractivity contribution is 5.68. The number of ether oxygens (including phenoxy) is 1. The first kappa shape index (κ1) is 18.6. The number of alkyl carbamates (subject to hydrolysis) is 1. The third-order valence-electron chi connectivity index (χ3n) is 4.31. The Balaban J connectivity index is 1.84. The molecule has 2 atom stereocenters. The summed E-state index contributed by atoms with van der Waals surface area (Å²) in [6.07, 6.45) is 1.84. The molecule has 134 valence electrons. The first-order chi connectivity index (χ1) is 11.1. The number of amides is 1. The number of anilines is 1. The van der Waals surface area contributed by atoms with Gasteiger partial charge in [-0.05, 0) is 83.6 Å². The van der Waals surface area contributed by atoms with E-state index in [0.29, 0.717) is 5.92 Å². The molecule has 4 heteroatoms. The van der Waals surface area contributed by atoms with Crippen LogP contribution in [0.2, 0.25) is 0 Å². The van der Waals surface area contributed by atoms with Crippen LogP contribution in [0.25, 0.3) is 0 Å². The molecular weight excluding hydrogens is 300 g/mol. The molecule has 1 saturated heterocycles. The van der Waals surface area contributed by atoms with E-state index >= 15 is 0 Å². The Kier molecular flexibility index (Phi) is 5.79. The van der Waals surface area contributed by atoms with Crippen LogP contribution in [0.15, 0.2) is 18.2 Å². The molecule has 1 heterocycles. The number of nitrogens with zero attached hydrogens (tertiary/aromatic N) is 1. The maximum absolute atomic E-state index is 11.9. The predicted octanol–water partition coefficient (Wildman–Crippen LogP) is 4.43. The summed E-state index contributed by atoms with van der Waals surface area (Å²) in [5.74, 6) is 0.607. The average Bonchev–Trinajstić information content (AvgIpc) is 2.83. The van der Waals surface area contributed by atoms with Crippen molar-refractivity contribution in [3.8, 4) is 0 Å². The summed E-state index contributed by atoms with van der Waals surface area (Å²) in [5.41, 5.74) is 3.50.